The fraction of sp³-hybridized carbons (Fsp3) is 0.333. The predicted octanol–water partition coefficient (Wildman–Crippen LogP) is 2.96. The molecule has 6 heteroatoms. The third-order valence-corrected chi connectivity index (χ3v) is 4.83. The average molecular weight is 349 g/mol. The first-order chi connectivity index (χ1) is 8.22. The molecule has 1 aromatic carbocycles. The number of thioether (sulfide) groups is 1. The minimum atomic E-state index is -0.157. The second-order valence-corrected chi connectivity index (χ2v) is 5.74. The van der Waals surface area contributed by atoms with E-state index in [4.69, 9.17) is 4.74 Å². The molecule has 2 aromatic rings. The minimum Gasteiger partial charge on any atom is -0.465 e. The van der Waals surface area contributed by atoms with E-state index >= 15 is 0 Å². The van der Waals surface area contributed by atoms with E-state index in [1.165, 1.54) is 22.0 Å². The van der Waals surface area contributed by atoms with Crippen LogP contribution in [0.1, 0.15) is 6.92 Å². The van der Waals surface area contributed by atoms with Gasteiger partial charge in [0.15, 0.2) is 0 Å². The third kappa shape index (κ3) is 3.46. The van der Waals surface area contributed by atoms with Gasteiger partial charge in [0, 0.05) is 6.07 Å². The Hall–Kier alpha value is -0.590. The summed E-state index contributed by atoms with van der Waals surface area (Å²) in [6.45, 7) is 2.26. The van der Waals surface area contributed by atoms with Gasteiger partial charge >= 0.3 is 5.97 Å². The van der Waals surface area contributed by atoms with E-state index in [0.29, 0.717) is 12.4 Å². The first-order valence-corrected chi connectivity index (χ1v) is 7.18. The number of nitrogens with zero attached hydrogens (tertiary/aromatic N) is 1. The third-order valence-electron chi connectivity index (χ3n) is 2.32. The first-order valence-electron chi connectivity index (χ1n) is 5.38. The summed E-state index contributed by atoms with van der Waals surface area (Å²) in [5.74, 6) is 0.212. The molecular weight excluding hydrogens is 334 g/mol. The lowest BCUT2D eigenvalue weighted by atomic mass is 10.3. The monoisotopic (exact) mass is 348 g/mol. The summed E-state index contributed by atoms with van der Waals surface area (Å²) in [4.78, 5) is 11.3. The average Bonchev–Trinajstić information content (AvgIpc) is 2.65. The zero-order chi connectivity index (χ0) is 12.3. The van der Waals surface area contributed by atoms with Crippen LogP contribution in [0.25, 0.3) is 10.2 Å². The molecule has 0 amide bonds. The van der Waals surface area contributed by atoms with E-state index in [9.17, 15) is 4.79 Å². The highest BCUT2D eigenvalue weighted by Crippen LogP contribution is 2.27. The number of thiazole rings is 1. The molecule has 0 N–H and O–H groups in total. The molecule has 2 rings (SSSR count). The van der Waals surface area contributed by atoms with Crippen LogP contribution >= 0.6 is 40.1 Å². The van der Waals surface area contributed by atoms with E-state index in [1.807, 2.05) is 26.1 Å². The Morgan fingerprint density at radius 2 is 2.17 bits per heavy atom. The van der Waals surface area contributed by atoms with Gasteiger partial charge in [-0.1, -0.05) is 23.5 Å². The standard InChI is InChI=1S/C12H14NO2S2.BrH/c1-3-15-11(14)8-16-12-13(2)9-6-4-5-7-10(9)17-12;/h4-7H,3,8H2,1-2H3;1H/q+1;. The molecule has 0 aliphatic rings. The van der Waals surface area contributed by atoms with Gasteiger partial charge in [0.2, 0.25) is 5.52 Å². The van der Waals surface area contributed by atoms with Crippen molar-refractivity contribution in [2.75, 3.05) is 12.4 Å². The van der Waals surface area contributed by atoms with Crippen LogP contribution in [-0.4, -0.2) is 18.3 Å². The van der Waals surface area contributed by atoms with Crippen molar-refractivity contribution in [1.82, 2.24) is 0 Å². The molecule has 0 radical (unpaired) electrons. The topological polar surface area (TPSA) is 30.2 Å². The number of carbonyl (C=O) groups excluding carboxylic acids is 1. The Labute approximate surface area is 125 Å². The first kappa shape index (κ1) is 15.5. The van der Waals surface area contributed by atoms with Crippen molar-refractivity contribution in [2.24, 2.45) is 7.05 Å². The molecule has 0 saturated heterocycles. The molecule has 3 nitrogen and oxygen atoms in total. The van der Waals surface area contributed by atoms with Crippen LogP contribution in [0.3, 0.4) is 0 Å². The molecule has 98 valence electrons. The van der Waals surface area contributed by atoms with E-state index in [2.05, 4.69) is 16.7 Å². The largest absolute Gasteiger partial charge is 0.465 e. The summed E-state index contributed by atoms with van der Waals surface area (Å²) in [7, 11) is 2.02. The van der Waals surface area contributed by atoms with Gasteiger partial charge in [-0.2, -0.15) is 4.57 Å². The summed E-state index contributed by atoms with van der Waals surface area (Å²) >= 11 is 3.23. The molecule has 0 aliphatic heterocycles. The summed E-state index contributed by atoms with van der Waals surface area (Å²) in [6.07, 6.45) is 0. The van der Waals surface area contributed by atoms with E-state index in [0.717, 1.165) is 4.34 Å². The van der Waals surface area contributed by atoms with Crippen LogP contribution < -0.4 is 4.57 Å². The van der Waals surface area contributed by atoms with Gasteiger partial charge in [0.1, 0.15) is 17.5 Å². The number of hydrogen-bond donors (Lipinski definition) is 0. The number of carbonyl (C=O) groups is 1. The summed E-state index contributed by atoms with van der Waals surface area (Å²) < 4.78 is 9.39. The number of para-hydroxylation sites is 1. The smallest absolute Gasteiger partial charge is 0.316 e. The lowest BCUT2D eigenvalue weighted by Crippen LogP contribution is -2.28. The zero-order valence-corrected chi connectivity index (χ0v) is 13.6. The highest BCUT2D eigenvalue weighted by Gasteiger charge is 2.18. The molecule has 0 saturated carbocycles. The lowest BCUT2D eigenvalue weighted by Gasteiger charge is -1.97. The van der Waals surface area contributed by atoms with Crippen LogP contribution in [0.2, 0.25) is 0 Å². The number of benzene rings is 1. The maximum absolute atomic E-state index is 11.3. The van der Waals surface area contributed by atoms with Crippen molar-refractivity contribution in [1.29, 1.82) is 0 Å². The van der Waals surface area contributed by atoms with Gasteiger partial charge in [0.05, 0.1) is 6.61 Å². The number of rotatable bonds is 4. The highest BCUT2D eigenvalue weighted by molar-refractivity contribution is 8.93. The second-order valence-electron chi connectivity index (χ2n) is 3.49. The summed E-state index contributed by atoms with van der Waals surface area (Å²) in [6, 6.07) is 8.22. The van der Waals surface area contributed by atoms with Gasteiger partial charge in [-0.05, 0) is 24.8 Å². The van der Waals surface area contributed by atoms with E-state index in [-0.39, 0.29) is 23.0 Å². The number of fused-ring (bicyclic) bond motifs is 1. The van der Waals surface area contributed by atoms with Crippen LogP contribution in [0.5, 0.6) is 0 Å². The van der Waals surface area contributed by atoms with Gasteiger partial charge in [-0.3, -0.25) is 4.79 Å². The highest BCUT2D eigenvalue weighted by atomic mass is 79.9. The Balaban J connectivity index is 0.00000162. The normalized spacial score (nSPS) is 10.1. The fourth-order valence-corrected chi connectivity index (χ4v) is 3.71. The van der Waals surface area contributed by atoms with Crippen molar-refractivity contribution < 1.29 is 14.1 Å². The second kappa shape index (κ2) is 7.11. The Morgan fingerprint density at radius 3 is 2.83 bits per heavy atom. The maximum Gasteiger partial charge on any atom is 0.316 e. The van der Waals surface area contributed by atoms with Crippen molar-refractivity contribution in [3.05, 3.63) is 24.3 Å². The van der Waals surface area contributed by atoms with Gasteiger partial charge in [-0.25, -0.2) is 0 Å². The van der Waals surface area contributed by atoms with Gasteiger partial charge < -0.3 is 4.74 Å². The van der Waals surface area contributed by atoms with Gasteiger partial charge in [0.25, 0.3) is 4.34 Å². The molecule has 1 heterocycles. The predicted molar refractivity (Wildman–Crippen MR) is 80.7 cm³/mol. The molecule has 0 bridgehead atoms. The van der Waals surface area contributed by atoms with Crippen LogP contribution in [0.4, 0.5) is 0 Å². The van der Waals surface area contributed by atoms with Crippen LogP contribution in [-0.2, 0) is 16.6 Å². The Kier molecular flexibility index (Phi) is 6.11. The van der Waals surface area contributed by atoms with Crippen LogP contribution in [0, 0.1) is 0 Å². The molecule has 0 atom stereocenters. The Bertz CT molecular complexity index is 542. The number of ether oxygens (including phenoxy) is 1. The molecule has 0 fully saturated rings. The minimum absolute atomic E-state index is 0. The fourth-order valence-electron chi connectivity index (χ4n) is 1.53. The number of esters is 1. The maximum atomic E-state index is 11.3. The van der Waals surface area contributed by atoms with E-state index in [1.54, 1.807) is 11.3 Å². The Morgan fingerprint density at radius 1 is 1.44 bits per heavy atom. The molecule has 0 spiro atoms. The van der Waals surface area contributed by atoms with Crippen LogP contribution in [0.15, 0.2) is 28.6 Å². The van der Waals surface area contributed by atoms with Crippen molar-refractivity contribution in [2.45, 2.75) is 11.3 Å². The van der Waals surface area contributed by atoms with Crippen molar-refractivity contribution in [3.8, 4) is 0 Å². The van der Waals surface area contributed by atoms with Crippen molar-refractivity contribution >= 4 is 56.3 Å². The number of hydrogen-bond acceptors (Lipinski definition) is 4. The molecule has 18 heavy (non-hydrogen) atoms. The quantitative estimate of drug-likeness (QED) is 0.483. The summed E-state index contributed by atoms with van der Waals surface area (Å²) in [5.41, 5.74) is 1.20. The molecule has 0 aliphatic carbocycles. The lowest BCUT2D eigenvalue weighted by molar-refractivity contribution is -0.676. The number of aryl methyl sites for hydroxylation is 1. The molecule has 1 aromatic heterocycles. The SMILES string of the molecule is Br.CCOC(=O)CSc1sc2ccccc2[n+]1C. The number of halogens is 1. The number of aromatic nitrogens is 1. The van der Waals surface area contributed by atoms with Gasteiger partial charge in [-0.15, -0.1) is 17.0 Å². The molecule has 0 unspecified atom stereocenters. The molecular formula is C12H15BrNO2S2+. The van der Waals surface area contributed by atoms with E-state index < -0.39 is 0 Å². The zero-order valence-electron chi connectivity index (χ0n) is 10.2. The summed E-state index contributed by atoms with van der Waals surface area (Å²) in [5, 5.41) is 0. The van der Waals surface area contributed by atoms with Crippen molar-refractivity contribution in [3.63, 3.8) is 0 Å².